The van der Waals surface area contributed by atoms with E-state index < -0.39 is 10.0 Å². The molecule has 0 N–H and O–H groups in total. The van der Waals surface area contributed by atoms with Gasteiger partial charge in [-0.15, -0.1) is 22.9 Å². The lowest BCUT2D eigenvalue weighted by Gasteiger charge is -2.32. The third-order valence-electron chi connectivity index (χ3n) is 2.41. The molecule has 1 aromatic rings. The van der Waals surface area contributed by atoms with Crippen LogP contribution in [0.4, 0.5) is 0 Å². The van der Waals surface area contributed by atoms with E-state index in [-0.39, 0.29) is 11.9 Å². The molecule has 0 amide bonds. The van der Waals surface area contributed by atoms with Gasteiger partial charge in [0, 0.05) is 12.4 Å². The molecule has 0 saturated carbocycles. The lowest BCUT2D eigenvalue weighted by molar-refractivity contribution is 0.0405. The molecular weight excluding hydrogens is 270 g/mol. The van der Waals surface area contributed by atoms with Crippen LogP contribution in [0.25, 0.3) is 0 Å². The van der Waals surface area contributed by atoms with Crippen molar-refractivity contribution in [2.24, 2.45) is 0 Å². The first-order valence-corrected chi connectivity index (χ1v) is 7.70. The molecular formula is C9H12ClNO3S2. The van der Waals surface area contributed by atoms with E-state index >= 15 is 0 Å². The van der Waals surface area contributed by atoms with Crippen molar-refractivity contribution in [3.05, 3.63) is 17.5 Å². The summed E-state index contributed by atoms with van der Waals surface area (Å²) < 4.78 is 31.5. The average Bonchev–Trinajstić information content (AvgIpc) is 2.83. The molecule has 7 heteroatoms. The molecule has 2 heterocycles. The first kappa shape index (κ1) is 12.3. The maximum atomic E-state index is 12.2. The molecule has 1 saturated heterocycles. The molecule has 1 aliphatic heterocycles. The van der Waals surface area contributed by atoms with Gasteiger partial charge in [-0.2, -0.15) is 4.31 Å². The summed E-state index contributed by atoms with van der Waals surface area (Å²) in [7, 11) is -3.39. The SMILES string of the molecule is O=S(=O)(c1cccs1)N1CCOCC1CCl. The van der Waals surface area contributed by atoms with E-state index in [0.717, 1.165) is 0 Å². The van der Waals surface area contributed by atoms with E-state index in [1.54, 1.807) is 17.5 Å². The topological polar surface area (TPSA) is 46.6 Å². The minimum absolute atomic E-state index is 0.255. The summed E-state index contributed by atoms with van der Waals surface area (Å²) >= 11 is 6.98. The second kappa shape index (κ2) is 5.01. The van der Waals surface area contributed by atoms with Crippen molar-refractivity contribution in [1.82, 2.24) is 4.31 Å². The van der Waals surface area contributed by atoms with Crippen molar-refractivity contribution >= 4 is 33.0 Å². The van der Waals surface area contributed by atoms with E-state index in [1.807, 2.05) is 0 Å². The van der Waals surface area contributed by atoms with Crippen LogP contribution in [-0.2, 0) is 14.8 Å². The minimum Gasteiger partial charge on any atom is -0.378 e. The number of hydrogen-bond acceptors (Lipinski definition) is 4. The van der Waals surface area contributed by atoms with E-state index in [4.69, 9.17) is 16.3 Å². The summed E-state index contributed by atoms with van der Waals surface area (Å²) in [6.07, 6.45) is 0. The van der Waals surface area contributed by atoms with Crippen molar-refractivity contribution in [3.8, 4) is 0 Å². The molecule has 0 radical (unpaired) electrons. The zero-order valence-electron chi connectivity index (χ0n) is 8.50. The Labute approximate surface area is 104 Å². The normalized spacial score (nSPS) is 23.4. The Hall–Kier alpha value is -0.140. The predicted molar refractivity (Wildman–Crippen MR) is 63.5 cm³/mol. The Morgan fingerprint density at radius 1 is 1.62 bits per heavy atom. The number of halogens is 1. The highest BCUT2D eigenvalue weighted by atomic mass is 35.5. The van der Waals surface area contributed by atoms with E-state index in [0.29, 0.717) is 24.0 Å². The monoisotopic (exact) mass is 281 g/mol. The first-order chi connectivity index (χ1) is 7.66. The van der Waals surface area contributed by atoms with Crippen molar-refractivity contribution in [3.63, 3.8) is 0 Å². The molecule has 0 spiro atoms. The van der Waals surface area contributed by atoms with Crippen LogP contribution in [0.5, 0.6) is 0 Å². The lowest BCUT2D eigenvalue weighted by atomic mass is 10.3. The molecule has 1 aromatic heterocycles. The summed E-state index contributed by atoms with van der Waals surface area (Å²) in [5.74, 6) is 0.255. The van der Waals surface area contributed by atoms with Crippen LogP contribution in [-0.4, -0.2) is 44.4 Å². The molecule has 2 rings (SSSR count). The molecule has 0 aromatic carbocycles. The molecule has 90 valence electrons. The van der Waals surface area contributed by atoms with Gasteiger partial charge in [0.15, 0.2) is 0 Å². The maximum Gasteiger partial charge on any atom is 0.253 e. The molecule has 0 bridgehead atoms. The number of thiophene rings is 1. The number of ether oxygens (including phenoxy) is 1. The smallest absolute Gasteiger partial charge is 0.253 e. The lowest BCUT2D eigenvalue weighted by Crippen LogP contribution is -2.49. The fraction of sp³-hybridized carbons (Fsp3) is 0.556. The number of alkyl halides is 1. The fourth-order valence-corrected chi connectivity index (χ4v) is 4.65. The average molecular weight is 282 g/mol. The van der Waals surface area contributed by atoms with Gasteiger partial charge in [0.1, 0.15) is 4.21 Å². The van der Waals surface area contributed by atoms with Crippen LogP contribution in [0.15, 0.2) is 21.7 Å². The summed E-state index contributed by atoms with van der Waals surface area (Å²) in [4.78, 5) is 0. The predicted octanol–water partition coefficient (Wildman–Crippen LogP) is 1.38. The maximum absolute atomic E-state index is 12.2. The second-order valence-electron chi connectivity index (χ2n) is 3.43. The van der Waals surface area contributed by atoms with Crippen LogP contribution >= 0.6 is 22.9 Å². The second-order valence-corrected chi connectivity index (χ2v) is 6.80. The number of morpholine rings is 1. The zero-order valence-corrected chi connectivity index (χ0v) is 10.9. The highest BCUT2D eigenvalue weighted by molar-refractivity contribution is 7.91. The van der Waals surface area contributed by atoms with Gasteiger partial charge in [-0.25, -0.2) is 8.42 Å². The van der Waals surface area contributed by atoms with Crippen LogP contribution in [0.2, 0.25) is 0 Å². The number of sulfonamides is 1. The Kier molecular flexibility index (Phi) is 3.86. The van der Waals surface area contributed by atoms with Crippen LogP contribution in [0, 0.1) is 0 Å². The summed E-state index contributed by atoms with van der Waals surface area (Å²) in [6, 6.07) is 3.08. The molecule has 4 nitrogen and oxygen atoms in total. The first-order valence-electron chi connectivity index (χ1n) is 4.85. The van der Waals surface area contributed by atoms with Crippen molar-refractivity contribution in [1.29, 1.82) is 0 Å². The third-order valence-corrected chi connectivity index (χ3v) is 6.09. The number of nitrogens with zero attached hydrogens (tertiary/aromatic N) is 1. The Balaban J connectivity index is 2.28. The van der Waals surface area contributed by atoms with Gasteiger partial charge < -0.3 is 4.74 Å². The van der Waals surface area contributed by atoms with E-state index in [2.05, 4.69) is 0 Å². The number of rotatable bonds is 3. The molecule has 16 heavy (non-hydrogen) atoms. The standard InChI is InChI=1S/C9H12ClNO3S2/c10-6-8-7-14-4-3-11(8)16(12,13)9-2-1-5-15-9/h1-2,5,8H,3-4,6-7H2. The minimum atomic E-state index is -3.39. The van der Waals surface area contributed by atoms with Gasteiger partial charge in [0.05, 0.1) is 19.3 Å². The molecule has 1 fully saturated rings. The van der Waals surface area contributed by atoms with Gasteiger partial charge in [0.25, 0.3) is 10.0 Å². The van der Waals surface area contributed by atoms with E-state index in [1.165, 1.54) is 15.6 Å². The van der Waals surface area contributed by atoms with E-state index in [9.17, 15) is 8.42 Å². The Morgan fingerprint density at radius 2 is 2.44 bits per heavy atom. The van der Waals surface area contributed by atoms with Gasteiger partial charge in [0.2, 0.25) is 0 Å². The van der Waals surface area contributed by atoms with Crippen molar-refractivity contribution in [2.75, 3.05) is 25.6 Å². The summed E-state index contributed by atoms with van der Waals surface area (Å²) in [5, 5.41) is 1.75. The number of hydrogen-bond donors (Lipinski definition) is 0. The molecule has 1 unspecified atom stereocenters. The zero-order chi connectivity index (χ0) is 11.6. The van der Waals surface area contributed by atoms with Crippen LogP contribution < -0.4 is 0 Å². The highest BCUT2D eigenvalue weighted by Crippen LogP contribution is 2.24. The Bertz CT molecular complexity index is 432. The molecule has 0 aliphatic carbocycles. The third kappa shape index (κ3) is 2.26. The van der Waals surface area contributed by atoms with Gasteiger partial charge in [-0.1, -0.05) is 6.07 Å². The molecule has 1 aliphatic rings. The highest BCUT2D eigenvalue weighted by Gasteiger charge is 2.33. The summed E-state index contributed by atoms with van der Waals surface area (Å²) in [5.41, 5.74) is 0. The van der Waals surface area contributed by atoms with Crippen LogP contribution in [0.3, 0.4) is 0 Å². The Morgan fingerprint density at radius 3 is 3.06 bits per heavy atom. The van der Waals surface area contributed by atoms with Crippen molar-refractivity contribution in [2.45, 2.75) is 10.3 Å². The quantitative estimate of drug-likeness (QED) is 0.787. The van der Waals surface area contributed by atoms with Crippen molar-refractivity contribution < 1.29 is 13.2 Å². The van der Waals surface area contributed by atoms with Gasteiger partial charge in [-0.3, -0.25) is 0 Å². The largest absolute Gasteiger partial charge is 0.378 e. The molecule has 1 atom stereocenters. The van der Waals surface area contributed by atoms with Gasteiger partial charge in [-0.05, 0) is 11.4 Å². The summed E-state index contributed by atoms with van der Waals surface area (Å²) in [6.45, 7) is 1.17. The van der Waals surface area contributed by atoms with Gasteiger partial charge >= 0.3 is 0 Å². The fourth-order valence-electron chi connectivity index (χ4n) is 1.60. The van der Waals surface area contributed by atoms with Crippen LogP contribution in [0.1, 0.15) is 0 Å².